The molecule has 10 heavy (non-hydrogen) atoms. The molecule has 0 radical (unpaired) electrons. The molecule has 0 rings (SSSR count). The average Bonchev–Trinajstić information content (AvgIpc) is 1.85. The van der Waals surface area contributed by atoms with Crippen LogP contribution in [0.2, 0.25) is 0 Å². The van der Waals surface area contributed by atoms with Crippen molar-refractivity contribution in [1.82, 2.24) is 0 Å². The van der Waals surface area contributed by atoms with Gasteiger partial charge in [-0.15, -0.1) is 0 Å². The van der Waals surface area contributed by atoms with Gasteiger partial charge in [-0.1, -0.05) is 6.92 Å². The van der Waals surface area contributed by atoms with Crippen molar-refractivity contribution < 1.29 is 0 Å². The largest absolute Gasteiger partial charge is 0.402 e. The maximum Gasteiger partial charge on any atom is 0.0521 e. The number of hydrogen-bond acceptors (Lipinski definition) is 3. The maximum absolute atomic E-state index is 5.53. The van der Waals surface area contributed by atoms with Crippen molar-refractivity contribution in [3.8, 4) is 0 Å². The minimum atomic E-state index is 0.572. The molecule has 0 unspecified atom stereocenters. The number of hydrogen-bond donors (Lipinski definition) is 3. The molecule has 0 spiro atoms. The van der Waals surface area contributed by atoms with Crippen molar-refractivity contribution in [1.29, 1.82) is 0 Å². The van der Waals surface area contributed by atoms with E-state index in [9.17, 15) is 0 Å². The maximum atomic E-state index is 5.53. The molecule has 6 N–H and O–H groups in total. The Bertz CT molecular complexity index is 164. The van der Waals surface area contributed by atoms with Crippen molar-refractivity contribution in [2.24, 2.45) is 17.2 Å². The van der Waals surface area contributed by atoms with Crippen LogP contribution in [0.15, 0.2) is 23.2 Å². The van der Waals surface area contributed by atoms with Crippen LogP contribution in [-0.4, -0.2) is 0 Å². The standard InChI is InChI=1S/C7H15N3/c1-3-6(9)7(10)4-5(2)8/h4H,3,8-10H2,1-2H3/b5-4-,7-6-. The highest BCUT2D eigenvalue weighted by Crippen LogP contribution is 1.98. The summed E-state index contributed by atoms with van der Waals surface area (Å²) < 4.78 is 0. The van der Waals surface area contributed by atoms with Gasteiger partial charge in [0.1, 0.15) is 0 Å². The molecule has 0 heterocycles. The van der Waals surface area contributed by atoms with Gasteiger partial charge >= 0.3 is 0 Å². The molecule has 0 aromatic heterocycles. The molecule has 0 aliphatic carbocycles. The van der Waals surface area contributed by atoms with E-state index < -0.39 is 0 Å². The highest BCUT2D eigenvalue weighted by Gasteiger charge is 1.91. The molecular formula is C7H15N3. The van der Waals surface area contributed by atoms with E-state index in [1.165, 1.54) is 0 Å². The Balaban J connectivity index is 4.33. The molecule has 0 amide bonds. The van der Waals surface area contributed by atoms with E-state index in [2.05, 4.69) is 0 Å². The predicted octanol–water partition coefficient (Wildman–Crippen LogP) is 0.388. The van der Waals surface area contributed by atoms with E-state index in [1.54, 1.807) is 13.0 Å². The van der Waals surface area contributed by atoms with E-state index >= 15 is 0 Å². The summed E-state index contributed by atoms with van der Waals surface area (Å²) in [5.74, 6) is 0. The van der Waals surface area contributed by atoms with Gasteiger partial charge in [0.25, 0.3) is 0 Å². The number of nitrogens with two attached hydrogens (primary N) is 3. The van der Waals surface area contributed by atoms with Gasteiger partial charge in [0.2, 0.25) is 0 Å². The molecule has 0 saturated heterocycles. The second-order valence-corrected chi connectivity index (χ2v) is 2.22. The topological polar surface area (TPSA) is 78.1 Å². The van der Waals surface area contributed by atoms with Crippen molar-refractivity contribution in [3.05, 3.63) is 23.2 Å². The van der Waals surface area contributed by atoms with Crippen LogP contribution < -0.4 is 17.2 Å². The first-order valence-corrected chi connectivity index (χ1v) is 3.25. The molecule has 0 fully saturated rings. The van der Waals surface area contributed by atoms with E-state index in [4.69, 9.17) is 17.2 Å². The molecule has 0 aromatic carbocycles. The fourth-order valence-corrected chi connectivity index (χ4v) is 0.542. The molecule has 0 aliphatic rings. The van der Waals surface area contributed by atoms with Crippen LogP contribution in [0, 0.1) is 0 Å². The molecule has 3 heteroatoms. The van der Waals surface area contributed by atoms with Gasteiger partial charge < -0.3 is 17.2 Å². The molecule has 0 saturated carbocycles. The first-order chi connectivity index (χ1) is 4.57. The smallest absolute Gasteiger partial charge is 0.0521 e. The summed E-state index contributed by atoms with van der Waals surface area (Å²) in [4.78, 5) is 0. The second kappa shape index (κ2) is 3.82. The van der Waals surface area contributed by atoms with E-state index in [0.717, 1.165) is 6.42 Å². The lowest BCUT2D eigenvalue weighted by Crippen LogP contribution is -2.08. The lowest BCUT2D eigenvalue weighted by molar-refractivity contribution is 1.03. The molecule has 0 aromatic rings. The quantitative estimate of drug-likeness (QED) is 0.487. The Hall–Kier alpha value is -1.12. The summed E-state index contributed by atoms with van der Waals surface area (Å²) in [5.41, 5.74) is 18.4. The predicted molar refractivity (Wildman–Crippen MR) is 43.6 cm³/mol. The van der Waals surface area contributed by atoms with Gasteiger partial charge in [-0.2, -0.15) is 0 Å². The molecule has 58 valence electrons. The summed E-state index contributed by atoms with van der Waals surface area (Å²) in [7, 11) is 0. The van der Waals surface area contributed by atoms with Gasteiger partial charge in [0.15, 0.2) is 0 Å². The van der Waals surface area contributed by atoms with Gasteiger partial charge in [-0.25, -0.2) is 0 Å². The van der Waals surface area contributed by atoms with Crippen molar-refractivity contribution in [3.63, 3.8) is 0 Å². The average molecular weight is 141 g/mol. The van der Waals surface area contributed by atoms with Crippen LogP contribution in [0.1, 0.15) is 20.3 Å². The van der Waals surface area contributed by atoms with Gasteiger partial charge in [-0.3, -0.25) is 0 Å². The third kappa shape index (κ3) is 3.02. The third-order valence-corrected chi connectivity index (χ3v) is 1.13. The van der Waals surface area contributed by atoms with Gasteiger partial charge in [0, 0.05) is 11.4 Å². The van der Waals surface area contributed by atoms with E-state index in [0.29, 0.717) is 17.1 Å². The highest BCUT2D eigenvalue weighted by atomic mass is 14.7. The Labute approximate surface area is 61.6 Å². The van der Waals surface area contributed by atoms with Crippen LogP contribution in [-0.2, 0) is 0 Å². The van der Waals surface area contributed by atoms with Crippen LogP contribution in [0.25, 0.3) is 0 Å². The summed E-state index contributed by atoms with van der Waals surface area (Å²) in [6.45, 7) is 3.72. The normalized spacial score (nSPS) is 14.8. The molecule has 0 bridgehead atoms. The fourth-order valence-electron chi connectivity index (χ4n) is 0.542. The van der Waals surface area contributed by atoms with Crippen LogP contribution in [0.5, 0.6) is 0 Å². The van der Waals surface area contributed by atoms with Crippen LogP contribution in [0.4, 0.5) is 0 Å². The lowest BCUT2D eigenvalue weighted by Gasteiger charge is -1.99. The molecular weight excluding hydrogens is 126 g/mol. The zero-order valence-electron chi connectivity index (χ0n) is 6.52. The highest BCUT2D eigenvalue weighted by molar-refractivity contribution is 5.22. The van der Waals surface area contributed by atoms with Crippen molar-refractivity contribution >= 4 is 0 Å². The first kappa shape index (κ1) is 8.88. The zero-order valence-corrected chi connectivity index (χ0v) is 6.52. The Morgan fingerprint density at radius 1 is 1.30 bits per heavy atom. The Kier molecular flexibility index (Phi) is 3.39. The second-order valence-electron chi connectivity index (χ2n) is 2.22. The zero-order chi connectivity index (χ0) is 8.15. The van der Waals surface area contributed by atoms with E-state index in [1.807, 2.05) is 6.92 Å². The van der Waals surface area contributed by atoms with Gasteiger partial charge in [-0.05, 0) is 19.4 Å². The first-order valence-electron chi connectivity index (χ1n) is 3.25. The fraction of sp³-hybridized carbons (Fsp3) is 0.429. The van der Waals surface area contributed by atoms with Crippen LogP contribution in [0.3, 0.4) is 0 Å². The lowest BCUT2D eigenvalue weighted by atomic mass is 10.2. The molecule has 0 aliphatic heterocycles. The molecule has 0 atom stereocenters. The van der Waals surface area contributed by atoms with Crippen molar-refractivity contribution in [2.75, 3.05) is 0 Å². The molecule has 3 nitrogen and oxygen atoms in total. The third-order valence-electron chi connectivity index (χ3n) is 1.13. The minimum Gasteiger partial charge on any atom is -0.402 e. The summed E-state index contributed by atoms with van der Waals surface area (Å²) in [5, 5.41) is 0. The minimum absolute atomic E-state index is 0.572. The Morgan fingerprint density at radius 3 is 2.10 bits per heavy atom. The van der Waals surface area contributed by atoms with E-state index in [-0.39, 0.29) is 0 Å². The monoisotopic (exact) mass is 141 g/mol. The summed E-state index contributed by atoms with van der Waals surface area (Å²) in [6.07, 6.45) is 2.43. The van der Waals surface area contributed by atoms with Crippen LogP contribution >= 0.6 is 0 Å². The number of allylic oxidation sites excluding steroid dienone is 3. The summed E-state index contributed by atoms with van der Waals surface area (Å²) in [6, 6.07) is 0. The SMILES string of the molecule is CC/C(N)=C(N)\C=C(\C)N. The van der Waals surface area contributed by atoms with Gasteiger partial charge in [0.05, 0.1) is 5.70 Å². The number of rotatable bonds is 2. The van der Waals surface area contributed by atoms with Crippen molar-refractivity contribution in [2.45, 2.75) is 20.3 Å². The summed E-state index contributed by atoms with van der Waals surface area (Å²) >= 11 is 0. The Morgan fingerprint density at radius 2 is 1.80 bits per heavy atom.